The maximum absolute atomic E-state index is 12.6. The molecule has 1 aromatic carbocycles. The first kappa shape index (κ1) is 20.6. The first-order valence-electron chi connectivity index (χ1n) is 8.89. The quantitative estimate of drug-likeness (QED) is 0.691. The number of hydrogen-bond acceptors (Lipinski definition) is 7. The Morgan fingerprint density at radius 3 is 2.62 bits per heavy atom. The third kappa shape index (κ3) is 5.21. The van der Waals surface area contributed by atoms with Crippen molar-refractivity contribution < 1.29 is 32.2 Å². The summed E-state index contributed by atoms with van der Waals surface area (Å²) in [7, 11) is 0. The summed E-state index contributed by atoms with van der Waals surface area (Å²) in [5.74, 6) is -1.80. The van der Waals surface area contributed by atoms with Gasteiger partial charge in [0.2, 0.25) is 0 Å². The largest absolute Gasteiger partial charge is 0.573 e. The topological polar surface area (TPSA) is 99.4 Å². The molecule has 0 N–H and O–H groups in total. The molecule has 9 nitrogen and oxygen atoms in total. The van der Waals surface area contributed by atoms with E-state index in [1.54, 1.807) is 6.92 Å². The van der Waals surface area contributed by atoms with E-state index in [2.05, 4.69) is 20.1 Å². The molecule has 29 heavy (non-hydrogen) atoms. The minimum Gasteiger partial charge on any atom is -0.466 e. The summed E-state index contributed by atoms with van der Waals surface area (Å²) < 4.78 is 45.5. The molecule has 2 heterocycles. The number of benzene rings is 1. The summed E-state index contributed by atoms with van der Waals surface area (Å²) in [6.07, 6.45) is -3.51. The van der Waals surface area contributed by atoms with Gasteiger partial charge in [-0.15, -0.1) is 28.2 Å². The molecule has 1 amide bonds. The molecular formula is C17H18F3N5O4. The molecule has 0 saturated carbocycles. The van der Waals surface area contributed by atoms with Crippen molar-refractivity contribution in [3.8, 4) is 11.4 Å². The number of aromatic nitrogens is 4. The van der Waals surface area contributed by atoms with Crippen molar-refractivity contribution in [1.29, 1.82) is 0 Å². The van der Waals surface area contributed by atoms with Gasteiger partial charge in [-0.25, -0.2) is 0 Å². The zero-order valence-electron chi connectivity index (χ0n) is 15.4. The van der Waals surface area contributed by atoms with Crippen molar-refractivity contribution in [3.05, 3.63) is 30.1 Å². The number of carbonyl (C=O) groups excluding carboxylic acids is 2. The SMILES string of the molecule is CCOC(=O)C1CCCN(C(=O)c2nnn(-c3ccc(OC(F)(F)F)cc3)n2)C1. The van der Waals surface area contributed by atoms with Crippen LogP contribution in [0.1, 0.15) is 30.4 Å². The van der Waals surface area contributed by atoms with Crippen LogP contribution in [0.5, 0.6) is 5.75 Å². The van der Waals surface area contributed by atoms with Gasteiger partial charge >= 0.3 is 12.3 Å². The van der Waals surface area contributed by atoms with E-state index in [-0.39, 0.29) is 24.9 Å². The first-order chi connectivity index (χ1) is 13.8. The van der Waals surface area contributed by atoms with Crippen molar-refractivity contribution in [2.24, 2.45) is 5.92 Å². The number of hydrogen-bond donors (Lipinski definition) is 0. The van der Waals surface area contributed by atoms with Gasteiger partial charge in [0.25, 0.3) is 11.7 Å². The van der Waals surface area contributed by atoms with Gasteiger partial charge in [0.15, 0.2) is 0 Å². The second kappa shape index (κ2) is 8.45. The summed E-state index contributed by atoms with van der Waals surface area (Å²) in [5.41, 5.74) is 0.300. The predicted octanol–water partition coefficient (Wildman–Crippen LogP) is 1.98. The molecule has 156 valence electrons. The Hall–Kier alpha value is -3.18. The standard InChI is InChI=1S/C17H18F3N5O4/c1-2-28-16(27)11-4-3-9-24(10-11)15(26)14-21-23-25(22-14)12-5-7-13(8-6-12)29-17(18,19)20/h5-8,11H,2-4,9-10H2,1H3. The number of piperidine rings is 1. The molecule has 1 aliphatic rings. The Labute approximate surface area is 163 Å². The zero-order valence-corrected chi connectivity index (χ0v) is 15.4. The zero-order chi connectivity index (χ0) is 21.0. The van der Waals surface area contributed by atoms with E-state index < -0.39 is 23.9 Å². The van der Waals surface area contributed by atoms with Gasteiger partial charge < -0.3 is 14.4 Å². The lowest BCUT2D eigenvalue weighted by atomic mass is 9.98. The van der Waals surface area contributed by atoms with E-state index in [9.17, 15) is 22.8 Å². The van der Waals surface area contributed by atoms with Crippen LogP contribution in [0.25, 0.3) is 5.69 Å². The van der Waals surface area contributed by atoms with Crippen LogP contribution in [0.4, 0.5) is 13.2 Å². The highest BCUT2D eigenvalue weighted by atomic mass is 19.4. The molecule has 0 aliphatic carbocycles. The minimum atomic E-state index is -4.79. The molecule has 1 fully saturated rings. The Bertz CT molecular complexity index is 869. The van der Waals surface area contributed by atoms with E-state index in [0.717, 1.165) is 16.9 Å². The third-order valence-corrected chi connectivity index (χ3v) is 4.23. The highest BCUT2D eigenvalue weighted by Crippen LogP contribution is 2.23. The summed E-state index contributed by atoms with van der Waals surface area (Å²) in [6, 6.07) is 4.80. The number of esters is 1. The molecule has 12 heteroatoms. The number of tetrazole rings is 1. The fourth-order valence-corrected chi connectivity index (χ4v) is 2.95. The van der Waals surface area contributed by atoms with Crippen LogP contribution >= 0.6 is 0 Å². The Morgan fingerprint density at radius 1 is 1.24 bits per heavy atom. The lowest BCUT2D eigenvalue weighted by Gasteiger charge is -2.30. The van der Waals surface area contributed by atoms with E-state index >= 15 is 0 Å². The summed E-state index contributed by atoms with van der Waals surface area (Å²) in [6.45, 7) is 2.64. The van der Waals surface area contributed by atoms with E-state index in [1.165, 1.54) is 17.0 Å². The van der Waals surface area contributed by atoms with E-state index in [0.29, 0.717) is 25.1 Å². The molecule has 2 aromatic rings. The highest BCUT2D eigenvalue weighted by molar-refractivity contribution is 5.90. The van der Waals surface area contributed by atoms with E-state index in [1.807, 2.05) is 0 Å². The average Bonchev–Trinajstić information content (AvgIpc) is 3.17. The number of nitrogens with zero attached hydrogens (tertiary/aromatic N) is 5. The molecular weight excluding hydrogens is 395 g/mol. The molecule has 0 bridgehead atoms. The maximum Gasteiger partial charge on any atom is 0.573 e. The van der Waals surface area contributed by atoms with Gasteiger partial charge in [-0.1, -0.05) is 0 Å². The van der Waals surface area contributed by atoms with Crippen molar-refractivity contribution in [1.82, 2.24) is 25.1 Å². The summed E-state index contributed by atoms with van der Waals surface area (Å²) in [4.78, 5) is 27.0. The number of ether oxygens (including phenoxy) is 2. The number of amides is 1. The highest BCUT2D eigenvalue weighted by Gasteiger charge is 2.32. The van der Waals surface area contributed by atoms with Crippen molar-refractivity contribution >= 4 is 11.9 Å². The normalized spacial score (nSPS) is 17.1. The van der Waals surface area contributed by atoms with Crippen LogP contribution < -0.4 is 4.74 Å². The van der Waals surface area contributed by atoms with Crippen LogP contribution in [0.3, 0.4) is 0 Å². The Morgan fingerprint density at radius 2 is 1.97 bits per heavy atom. The lowest BCUT2D eigenvalue weighted by molar-refractivity contribution is -0.274. The van der Waals surface area contributed by atoms with Crippen LogP contribution in [0.15, 0.2) is 24.3 Å². The second-order valence-corrected chi connectivity index (χ2v) is 6.29. The van der Waals surface area contributed by atoms with Gasteiger partial charge in [0.05, 0.1) is 18.2 Å². The number of rotatable bonds is 5. The molecule has 1 aromatic heterocycles. The smallest absolute Gasteiger partial charge is 0.466 e. The Kier molecular flexibility index (Phi) is 5.99. The summed E-state index contributed by atoms with van der Waals surface area (Å²) >= 11 is 0. The van der Waals surface area contributed by atoms with Gasteiger partial charge in [0.1, 0.15) is 5.75 Å². The lowest BCUT2D eigenvalue weighted by Crippen LogP contribution is -2.43. The van der Waals surface area contributed by atoms with Crippen molar-refractivity contribution in [2.75, 3.05) is 19.7 Å². The molecule has 3 rings (SSSR count). The van der Waals surface area contributed by atoms with Gasteiger partial charge in [-0.3, -0.25) is 9.59 Å². The summed E-state index contributed by atoms with van der Waals surface area (Å²) in [5, 5.41) is 11.5. The fourth-order valence-electron chi connectivity index (χ4n) is 2.95. The molecule has 1 aliphatic heterocycles. The van der Waals surface area contributed by atoms with Gasteiger partial charge in [0, 0.05) is 13.1 Å². The fraction of sp³-hybridized carbons (Fsp3) is 0.471. The third-order valence-electron chi connectivity index (χ3n) is 4.23. The maximum atomic E-state index is 12.6. The molecule has 0 spiro atoms. The van der Waals surface area contributed by atoms with Crippen molar-refractivity contribution in [2.45, 2.75) is 26.1 Å². The van der Waals surface area contributed by atoms with Crippen LogP contribution in [-0.2, 0) is 9.53 Å². The average molecular weight is 413 g/mol. The van der Waals surface area contributed by atoms with E-state index in [4.69, 9.17) is 4.74 Å². The number of alkyl halides is 3. The minimum absolute atomic E-state index is 0.176. The second-order valence-electron chi connectivity index (χ2n) is 6.29. The number of carbonyl (C=O) groups is 2. The Balaban J connectivity index is 1.67. The number of halogens is 3. The molecule has 1 atom stereocenters. The van der Waals surface area contributed by atoms with Gasteiger partial charge in [-0.05, 0) is 49.2 Å². The van der Waals surface area contributed by atoms with Crippen LogP contribution in [-0.4, -0.2) is 63.0 Å². The van der Waals surface area contributed by atoms with Crippen LogP contribution in [0, 0.1) is 5.92 Å². The first-order valence-corrected chi connectivity index (χ1v) is 8.89. The van der Waals surface area contributed by atoms with Gasteiger partial charge in [-0.2, -0.15) is 0 Å². The molecule has 1 unspecified atom stereocenters. The van der Waals surface area contributed by atoms with Crippen LogP contribution in [0.2, 0.25) is 0 Å². The predicted molar refractivity (Wildman–Crippen MR) is 91.1 cm³/mol. The molecule has 1 saturated heterocycles. The van der Waals surface area contributed by atoms with Crippen molar-refractivity contribution in [3.63, 3.8) is 0 Å². The monoisotopic (exact) mass is 413 g/mol. The molecule has 0 radical (unpaired) electrons. The number of likely N-dealkylation sites (tertiary alicyclic amines) is 1.